The smallest absolute Gasteiger partial charge is 0.0722 e. The second-order valence-corrected chi connectivity index (χ2v) is 3.44. The molecule has 0 unspecified atom stereocenters. The first-order chi connectivity index (χ1) is 6.92. The summed E-state index contributed by atoms with van der Waals surface area (Å²) in [5, 5.41) is 8.12. The van der Waals surface area contributed by atoms with Crippen LogP contribution < -0.4 is 0 Å². The molecule has 0 radical (unpaired) electrons. The molecule has 14 heavy (non-hydrogen) atoms. The predicted octanol–water partition coefficient (Wildman–Crippen LogP) is 3.21. The van der Waals surface area contributed by atoms with Crippen LogP contribution in [0.5, 0.6) is 0 Å². The second kappa shape index (κ2) is 4.29. The van der Waals surface area contributed by atoms with E-state index in [4.69, 9.17) is 11.6 Å². The number of benzene rings is 1. The zero-order chi connectivity index (χ0) is 9.80. The maximum absolute atomic E-state index is 5.59. The predicted molar refractivity (Wildman–Crippen MR) is 60.5 cm³/mol. The maximum atomic E-state index is 5.59. The Labute approximate surface area is 87.6 Å². The Morgan fingerprint density at radius 1 is 1.43 bits per heavy atom. The van der Waals surface area contributed by atoms with Crippen molar-refractivity contribution in [3.8, 4) is 0 Å². The van der Waals surface area contributed by atoms with Crippen molar-refractivity contribution in [3.63, 3.8) is 0 Å². The van der Waals surface area contributed by atoms with Crippen molar-refractivity contribution < 1.29 is 0 Å². The van der Waals surface area contributed by atoms with Crippen molar-refractivity contribution in [2.24, 2.45) is 0 Å². The van der Waals surface area contributed by atoms with Crippen molar-refractivity contribution in [2.45, 2.75) is 6.42 Å². The van der Waals surface area contributed by atoms with Gasteiger partial charge in [-0.25, -0.2) is 0 Å². The molecule has 0 saturated carbocycles. The molecule has 2 rings (SSSR count). The third-order valence-corrected chi connectivity index (χ3v) is 2.30. The molecule has 3 heteroatoms. The van der Waals surface area contributed by atoms with Crippen LogP contribution in [-0.4, -0.2) is 16.1 Å². The number of para-hydroxylation sites is 1. The molecular formula is C11H11ClN2. The summed E-state index contributed by atoms with van der Waals surface area (Å²) in [6, 6.07) is 6.13. The topological polar surface area (TPSA) is 28.7 Å². The molecule has 1 heterocycles. The summed E-state index contributed by atoms with van der Waals surface area (Å²) in [6.07, 6.45) is 6.87. The third kappa shape index (κ3) is 1.80. The molecule has 0 fully saturated rings. The SMILES string of the molecule is ClCCC=Cc1cccc2cn[nH]c12. The summed E-state index contributed by atoms with van der Waals surface area (Å²) in [7, 11) is 0. The molecule has 0 aliphatic rings. The van der Waals surface area contributed by atoms with Crippen molar-refractivity contribution in [3.05, 3.63) is 36.0 Å². The van der Waals surface area contributed by atoms with Crippen LogP contribution in [0, 0.1) is 0 Å². The quantitative estimate of drug-likeness (QED) is 0.768. The zero-order valence-corrected chi connectivity index (χ0v) is 8.46. The van der Waals surface area contributed by atoms with Gasteiger partial charge in [-0.05, 0) is 12.0 Å². The number of hydrogen-bond acceptors (Lipinski definition) is 1. The molecule has 72 valence electrons. The molecule has 2 aromatic rings. The summed E-state index contributed by atoms with van der Waals surface area (Å²) in [5.74, 6) is 0.662. The normalized spacial score (nSPS) is 11.5. The highest BCUT2D eigenvalue weighted by molar-refractivity contribution is 6.17. The van der Waals surface area contributed by atoms with Crippen molar-refractivity contribution >= 4 is 28.6 Å². The summed E-state index contributed by atoms with van der Waals surface area (Å²) in [4.78, 5) is 0. The molecule has 0 bridgehead atoms. The van der Waals surface area contributed by atoms with Crippen molar-refractivity contribution in [1.29, 1.82) is 0 Å². The van der Waals surface area contributed by atoms with Crippen LogP contribution in [-0.2, 0) is 0 Å². The standard InChI is InChI=1S/C11H11ClN2/c12-7-2-1-4-9-5-3-6-10-8-13-14-11(9)10/h1,3-6,8H,2,7H2,(H,13,14). The Morgan fingerprint density at radius 3 is 3.21 bits per heavy atom. The number of fused-ring (bicyclic) bond motifs is 1. The molecule has 0 aliphatic carbocycles. The second-order valence-electron chi connectivity index (χ2n) is 3.06. The van der Waals surface area contributed by atoms with E-state index in [-0.39, 0.29) is 0 Å². The Hall–Kier alpha value is -1.28. The van der Waals surface area contributed by atoms with E-state index in [1.54, 1.807) is 0 Å². The van der Waals surface area contributed by atoms with Crippen LogP contribution in [0.4, 0.5) is 0 Å². The third-order valence-electron chi connectivity index (χ3n) is 2.08. The lowest BCUT2D eigenvalue weighted by molar-refractivity contribution is 1.12. The van der Waals surface area contributed by atoms with E-state index in [2.05, 4.69) is 28.4 Å². The number of alkyl halides is 1. The fourth-order valence-corrected chi connectivity index (χ4v) is 1.53. The van der Waals surface area contributed by atoms with E-state index in [1.165, 1.54) is 0 Å². The van der Waals surface area contributed by atoms with Gasteiger partial charge in [-0.15, -0.1) is 11.6 Å². The van der Waals surface area contributed by atoms with E-state index in [0.29, 0.717) is 5.88 Å². The highest BCUT2D eigenvalue weighted by Crippen LogP contribution is 2.16. The molecule has 1 aromatic carbocycles. The molecule has 0 saturated heterocycles. The van der Waals surface area contributed by atoms with Crippen LogP contribution in [0.15, 0.2) is 30.5 Å². The minimum atomic E-state index is 0.662. The Balaban J connectivity index is 2.36. The van der Waals surface area contributed by atoms with Crippen LogP contribution in [0.3, 0.4) is 0 Å². The van der Waals surface area contributed by atoms with Gasteiger partial charge in [0.25, 0.3) is 0 Å². The number of nitrogens with one attached hydrogen (secondary N) is 1. The van der Waals surface area contributed by atoms with Crippen LogP contribution in [0.1, 0.15) is 12.0 Å². The average Bonchev–Trinajstić information content (AvgIpc) is 2.67. The van der Waals surface area contributed by atoms with Gasteiger partial charge in [0.05, 0.1) is 11.7 Å². The van der Waals surface area contributed by atoms with Gasteiger partial charge in [0.1, 0.15) is 0 Å². The van der Waals surface area contributed by atoms with Gasteiger partial charge < -0.3 is 0 Å². The average molecular weight is 207 g/mol. The number of rotatable bonds is 3. The summed E-state index contributed by atoms with van der Waals surface area (Å²) in [6.45, 7) is 0. The first-order valence-electron chi connectivity index (χ1n) is 4.56. The van der Waals surface area contributed by atoms with E-state index in [1.807, 2.05) is 18.3 Å². The molecule has 1 N–H and O–H groups in total. The van der Waals surface area contributed by atoms with Crippen molar-refractivity contribution in [1.82, 2.24) is 10.2 Å². The monoisotopic (exact) mass is 206 g/mol. The maximum Gasteiger partial charge on any atom is 0.0722 e. The van der Waals surface area contributed by atoms with Gasteiger partial charge in [0.15, 0.2) is 0 Å². The highest BCUT2D eigenvalue weighted by Gasteiger charge is 1.97. The first-order valence-corrected chi connectivity index (χ1v) is 5.10. The number of hydrogen-bond donors (Lipinski definition) is 1. The number of H-pyrrole nitrogens is 1. The molecular weight excluding hydrogens is 196 g/mol. The summed E-state index contributed by atoms with van der Waals surface area (Å²) in [5.41, 5.74) is 2.24. The number of halogens is 1. The number of nitrogens with zero attached hydrogens (tertiary/aromatic N) is 1. The van der Waals surface area contributed by atoms with E-state index < -0.39 is 0 Å². The molecule has 0 amide bonds. The van der Waals surface area contributed by atoms with E-state index in [9.17, 15) is 0 Å². The molecule has 0 atom stereocenters. The summed E-state index contributed by atoms with van der Waals surface area (Å²) >= 11 is 5.59. The lowest BCUT2D eigenvalue weighted by Gasteiger charge is -1.94. The Kier molecular flexibility index (Phi) is 2.84. The van der Waals surface area contributed by atoms with Gasteiger partial charge in [0.2, 0.25) is 0 Å². The van der Waals surface area contributed by atoms with Gasteiger partial charge in [-0.3, -0.25) is 5.10 Å². The molecule has 2 nitrogen and oxygen atoms in total. The lowest BCUT2D eigenvalue weighted by Crippen LogP contribution is -1.76. The minimum Gasteiger partial charge on any atom is -0.277 e. The number of allylic oxidation sites excluding steroid dienone is 1. The summed E-state index contributed by atoms with van der Waals surface area (Å²) < 4.78 is 0. The molecule has 0 aliphatic heterocycles. The van der Waals surface area contributed by atoms with Crippen molar-refractivity contribution in [2.75, 3.05) is 5.88 Å². The first kappa shape index (κ1) is 9.28. The van der Waals surface area contributed by atoms with Crippen LogP contribution in [0.2, 0.25) is 0 Å². The zero-order valence-electron chi connectivity index (χ0n) is 7.70. The fourth-order valence-electron chi connectivity index (χ4n) is 1.40. The van der Waals surface area contributed by atoms with Gasteiger partial charge in [-0.1, -0.05) is 30.4 Å². The Morgan fingerprint density at radius 2 is 2.36 bits per heavy atom. The lowest BCUT2D eigenvalue weighted by atomic mass is 10.1. The van der Waals surface area contributed by atoms with Crippen LogP contribution >= 0.6 is 11.6 Å². The molecule has 0 spiro atoms. The largest absolute Gasteiger partial charge is 0.277 e. The Bertz CT molecular complexity index is 445. The fraction of sp³-hybridized carbons (Fsp3) is 0.182. The van der Waals surface area contributed by atoms with Crippen LogP contribution in [0.25, 0.3) is 17.0 Å². The minimum absolute atomic E-state index is 0.662. The number of aromatic nitrogens is 2. The number of aromatic amines is 1. The van der Waals surface area contributed by atoms with Gasteiger partial charge >= 0.3 is 0 Å². The van der Waals surface area contributed by atoms with E-state index in [0.717, 1.165) is 22.9 Å². The van der Waals surface area contributed by atoms with E-state index >= 15 is 0 Å². The van der Waals surface area contributed by atoms with Gasteiger partial charge in [-0.2, -0.15) is 5.10 Å². The molecule has 1 aromatic heterocycles. The highest BCUT2D eigenvalue weighted by atomic mass is 35.5. The van der Waals surface area contributed by atoms with Gasteiger partial charge in [0, 0.05) is 11.3 Å².